The van der Waals surface area contributed by atoms with Gasteiger partial charge in [0, 0.05) is 41.9 Å². The lowest BCUT2D eigenvalue weighted by Gasteiger charge is -2.26. The van der Waals surface area contributed by atoms with E-state index in [2.05, 4.69) is 14.9 Å². The van der Waals surface area contributed by atoms with Crippen LogP contribution in [0.5, 0.6) is 0 Å². The number of aromatic nitrogens is 3. The van der Waals surface area contributed by atoms with E-state index in [0.29, 0.717) is 11.6 Å². The van der Waals surface area contributed by atoms with Gasteiger partial charge in [-0.2, -0.15) is 0 Å². The highest BCUT2D eigenvalue weighted by Gasteiger charge is 2.20. The van der Waals surface area contributed by atoms with Crippen LogP contribution in [0.3, 0.4) is 0 Å². The van der Waals surface area contributed by atoms with Crippen LogP contribution in [-0.4, -0.2) is 26.4 Å². The Morgan fingerprint density at radius 2 is 1.89 bits per heavy atom. The predicted molar refractivity (Wildman–Crippen MR) is 104 cm³/mol. The fraction of sp³-hybridized carbons (Fsp3) is 0.190. The van der Waals surface area contributed by atoms with Crippen molar-refractivity contribution < 1.29 is 4.42 Å². The van der Waals surface area contributed by atoms with Crippen molar-refractivity contribution in [2.45, 2.75) is 19.5 Å². The van der Waals surface area contributed by atoms with Gasteiger partial charge in [-0.1, -0.05) is 23.7 Å². The zero-order chi connectivity index (χ0) is 18.2. The van der Waals surface area contributed by atoms with Crippen LogP contribution in [0.2, 0.25) is 5.02 Å². The fourth-order valence-electron chi connectivity index (χ4n) is 3.43. The van der Waals surface area contributed by atoms with Gasteiger partial charge in [0.05, 0.1) is 12.2 Å². The van der Waals surface area contributed by atoms with Crippen molar-refractivity contribution in [1.82, 2.24) is 19.9 Å². The molecule has 0 atom stereocenters. The lowest BCUT2D eigenvalue weighted by molar-refractivity contribution is 0.221. The first kappa shape index (κ1) is 16.4. The van der Waals surface area contributed by atoms with Crippen LogP contribution < -0.4 is 0 Å². The molecule has 4 aromatic rings. The molecule has 0 saturated carbocycles. The van der Waals surface area contributed by atoms with Gasteiger partial charge in [0.2, 0.25) is 5.89 Å². The Hall–Kier alpha value is -2.76. The highest BCUT2D eigenvalue weighted by Crippen LogP contribution is 2.24. The summed E-state index contributed by atoms with van der Waals surface area (Å²) in [6.07, 6.45) is 2.82. The Balaban J connectivity index is 1.34. The summed E-state index contributed by atoms with van der Waals surface area (Å²) in [6, 6.07) is 15.5. The van der Waals surface area contributed by atoms with Gasteiger partial charge in [0.15, 0.2) is 11.4 Å². The normalized spacial score (nSPS) is 14.4. The summed E-state index contributed by atoms with van der Waals surface area (Å²) in [7, 11) is 0. The first-order valence-electron chi connectivity index (χ1n) is 8.92. The maximum atomic E-state index is 5.96. The van der Waals surface area contributed by atoms with E-state index in [9.17, 15) is 0 Å². The van der Waals surface area contributed by atoms with Crippen LogP contribution in [0.4, 0.5) is 0 Å². The van der Waals surface area contributed by atoms with Gasteiger partial charge in [-0.05, 0) is 36.4 Å². The minimum absolute atomic E-state index is 0.688. The molecule has 3 heterocycles. The number of halogens is 1. The summed E-state index contributed by atoms with van der Waals surface area (Å²) >= 11 is 5.96. The molecule has 5 nitrogen and oxygen atoms in total. The second-order valence-electron chi connectivity index (χ2n) is 6.71. The summed E-state index contributed by atoms with van der Waals surface area (Å²) in [4.78, 5) is 16.2. The standard InChI is InChI=1S/C21H17ClN4O/c22-16-7-5-14(6-8-16)21-23-11-15-12-26(10-9-17(15)25-21)13-20-24-18-3-1-2-4-19(18)27-20/h1-8,11H,9-10,12-13H2. The number of rotatable bonds is 3. The SMILES string of the molecule is Clc1ccc(-c2ncc3c(n2)CCN(Cc2nc4ccccc4o2)C3)cc1. The average molecular weight is 377 g/mol. The maximum absolute atomic E-state index is 5.96. The zero-order valence-corrected chi connectivity index (χ0v) is 15.4. The molecule has 134 valence electrons. The predicted octanol–water partition coefficient (Wildman–Crippen LogP) is 4.50. The summed E-state index contributed by atoms with van der Waals surface area (Å²) in [5.41, 5.74) is 5.00. The summed E-state index contributed by atoms with van der Waals surface area (Å²) in [5, 5.41) is 0.714. The van der Waals surface area contributed by atoms with Crippen LogP contribution in [0.15, 0.2) is 59.1 Å². The topological polar surface area (TPSA) is 55.1 Å². The van der Waals surface area contributed by atoms with Gasteiger partial charge >= 0.3 is 0 Å². The fourth-order valence-corrected chi connectivity index (χ4v) is 3.55. The summed E-state index contributed by atoms with van der Waals surface area (Å²) < 4.78 is 5.85. The molecule has 0 amide bonds. The Kier molecular flexibility index (Phi) is 4.11. The molecule has 0 fully saturated rings. The van der Waals surface area contributed by atoms with Gasteiger partial charge in [-0.3, -0.25) is 4.90 Å². The third-order valence-electron chi connectivity index (χ3n) is 4.81. The number of nitrogens with zero attached hydrogens (tertiary/aromatic N) is 4. The molecular formula is C21H17ClN4O. The van der Waals surface area contributed by atoms with Gasteiger partial charge in [0.1, 0.15) is 5.52 Å². The molecule has 0 unspecified atom stereocenters. The molecule has 2 aromatic carbocycles. The lowest BCUT2D eigenvalue weighted by atomic mass is 10.1. The van der Waals surface area contributed by atoms with Crippen molar-refractivity contribution in [3.63, 3.8) is 0 Å². The van der Waals surface area contributed by atoms with Crippen molar-refractivity contribution in [2.75, 3.05) is 6.54 Å². The minimum atomic E-state index is 0.688. The van der Waals surface area contributed by atoms with Crippen molar-refractivity contribution in [3.8, 4) is 11.4 Å². The monoisotopic (exact) mass is 376 g/mol. The molecule has 0 spiro atoms. The van der Waals surface area contributed by atoms with E-state index in [4.69, 9.17) is 21.0 Å². The number of oxazole rings is 1. The van der Waals surface area contributed by atoms with Crippen LogP contribution >= 0.6 is 11.6 Å². The second-order valence-corrected chi connectivity index (χ2v) is 7.14. The van der Waals surface area contributed by atoms with E-state index < -0.39 is 0 Å². The van der Waals surface area contributed by atoms with Crippen molar-refractivity contribution in [3.05, 3.63) is 76.9 Å². The number of hydrogen-bond acceptors (Lipinski definition) is 5. The third kappa shape index (κ3) is 3.31. The lowest BCUT2D eigenvalue weighted by Crippen LogP contribution is -2.31. The zero-order valence-electron chi connectivity index (χ0n) is 14.6. The number of para-hydroxylation sites is 2. The van der Waals surface area contributed by atoms with E-state index in [1.165, 1.54) is 0 Å². The first-order chi connectivity index (χ1) is 13.2. The van der Waals surface area contributed by atoms with E-state index in [1.807, 2.05) is 54.7 Å². The quantitative estimate of drug-likeness (QED) is 0.527. The highest BCUT2D eigenvalue weighted by molar-refractivity contribution is 6.30. The Bertz CT molecular complexity index is 1070. The smallest absolute Gasteiger partial charge is 0.209 e. The molecule has 6 heteroatoms. The van der Waals surface area contributed by atoms with Crippen LogP contribution in [0.1, 0.15) is 17.1 Å². The summed E-state index contributed by atoms with van der Waals surface area (Å²) in [5.74, 6) is 1.50. The van der Waals surface area contributed by atoms with E-state index in [0.717, 1.165) is 59.1 Å². The van der Waals surface area contributed by atoms with E-state index in [1.54, 1.807) is 0 Å². The second kappa shape index (κ2) is 6.76. The molecule has 0 saturated heterocycles. The molecule has 1 aliphatic rings. The number of hydrogen-bond donors (Lipinski definition) is 0. The third-order valence-corrected chi connectivity index (χ3v) is 5.06. The van der Waals surface area contributed by atoms with Crippen LogP contribution in [0.25, 0.3) is 22.5 Å². The Labute approximate surface area is 161 Å². The summed E-state index contributed by atoms with van der Waals surface area (Å²) in [6.45, 7) is 2.41. The molecule has 0 aliphatic carbocycles. The van der Waals surface area contributed by atoms with E-state index in [-0.39, 0.29) is 0 Å². The molecule has 5 rings (SSSR count). The number of benzene rings is 2. The maximum Gasteiger partial charge on any atom is 0.209 e. The van der Waals surface area contributed by atoms with Gasteiger partial charge in [0.25, 0.3) is 0 Å². The van der Waals surface area contributed by atoms with Crippen LogP contribution in [0, 0.1) is 0 Å². The molecule has 0 radical (unpaired) electrons. The molecule has 0 bridgehead atoms. The van der Waals surface area contributed by atoms with Crippen molar-refractivity contribution >= 4 is 22.7 Å². The van der Waals surface area contributed by atoms with E-state index >= 15 is 0 Å². The Morgan fingerprint density at radius 3 is 2.74 bits per heavy atom. The van der Waals surface area contributed by atoms with Crippen molar-refractivity contribution in [1.29, 1.82) is 0 Å². The number of fused-ring (bicyclic) bond motifs is 2. The first-order valence-corrected chi connectivity index (χ1v) is 9.30. The molecule has 2 aromatic heterocycles. The largest absolute Gasteiger partial charge is 0.439 e. The van der Waals surface area contributed by atoms with Gasteiger partial charge < -0.3 is 4.42 Å². The minimum Gasteiger partial charge on any atom is -0.439 e. The molecular weight excluding hydrogens is 360 g/mol. The highest BCUT2D eigenvalue weighted by atomic mass is 35.5. The molecule has 1 aliphatic heterocycles. The van der Waals surface area contributed by atoms with Crippen molar-refractivity contribution in [2.24, 2.45) is 0 Å². The molecule has 27 heavy (non-hydrogen) atoms. The van der Waals surface area contributed by atoms with Gasteiger partial charge in [-0.25, -0.2) is 15.0 Å². The average Bonchev–Trinajstić information content (AvgIpc) is 3.10. The Morgan fingerprint density at radius 1 is 1.04 bits per heavy atom. The van der Waals surface area contributed by atoms with Crippen LogP contribution in [-0.2, 0) is 19.5 Å². The van der Waals surface area contributed by atoms with Gasteiger partial charge in [-0.15, -0.1) is 0 Å². The molecule has 0 N–H and O–H groups in total.